The summed E-state index contributed by atoms with van der Waals surface area (Å²) in [5.41, 5.74) is 2.25. The van der Waals surface area contributed by atoms with Crippen LogP contribution < -0.4 is 5.32 Å². The first-order valence-electron chi connectivity index (χ1n) is 7.28. The van der Waals surface area contributed by atoms with Gasteiger partial charge in [-0.1, -0.05) is 24.3 Å². The standard InChI is InChI=1S/C16H22N2O3/c1-11-5-3-4-6-13(11)9-17-15(19)12(2)18-8-7-14(10-18)16(20)21/h3-6,12,14H,7-10H2,1-2H3,(H,17,19)(H,20,21). The Morgan fingerprint density at radius 1 is 1.43 bits per heavy atom. The summed E-state index contributed by atoms with van der Waals surface area (Å²) < 4.78 is 0. The van der Waals surface area contributed by atoms with E-state index in [0.717, 1.165) is 11.1 Å². The first-order valence-corrected chi connectivity index (χ1v) is 7.28. The van der Waals surface area contributed by atoms with E-state index >= 15 is 0 Å². The van der Waals surface area contributed by atoms with Gasteiger partial charge in [-0.15, -0.1) is 0 Å². The molecule has 2 rings (SSSR count). The van der Waals surface area contributed by atoms with Crippen LogP contribution in [0.5, 0.6) is 0 Å². The maximum Gasteiger partial charge on any atom is 0.307 e. The van der Waals surface area contributed by atoms with E-state index in [1.54, 1.807) is 0 Å². The van der Waals surface area contributed by atoms with Crippen molar-refractivity contribution in [2.24, 2.45) is 5.92 Å². The molecule has 0 spiro atoms. The Hall–Kier alpha value is -1.88. The lowest BCUT2D eigenvalue weighted by Gasteiger charge is -2.23. The second-order valence-corrected chi connectivity index (χ2v) is 5.64. The molecule has 2 N–H and O–H groups in total. The van der Waals surface area contributed by atoms with Crippen molar-refractivity contribution in [3.05, 3.63) is 35.4 Å². The van der Waals surface area contributed by atoms with Crippen molar-refractivity contribution in [2.45, 2.75) is 32.9 Å². The van der Waals surface area contributed by atoms with Crippen LogP contribution in [0.4, 0.5) is 0 Å². The Labute approximate surface area is 125 Å². The second-order valence-electron chi connectivity index (χ2n) is 5.64. The summed E-state index contributed by atoms with van der Waals surface area (Å²) in [5, 5.41) is 11.9. The smallest absolute Gasteiger partial charge is 0.307 e. The van der Waals surface area contributed by atoms with E-state index in [1.165, 1.54) is 0 Å². The molecule has 1 fully saturated rings. The molecule has 1 aliphatic heterocycles. The molecule has 1 aromatic rings. The Bertz CT molecular complexity index is 530. The van der Waals surface area contributed by atoms with Crippen molar-refractivity contribution in [2.75, 3.05) is 13.1 Å². The lowest BCUT2D eigenvalue weighted by atomic mass is 10.1. The molecule has 1 amide bonds. The minimum absolute atomic E-state index is 0.0516. The van der Waals surface area contributed by atoms with Crippen LogP contribution in [-0.2, 0) is 16.1 Å². The van der Waals surface area contributed by atoms with Gasteiger partial charge in [0.2, 0.25) is 5.91 Å². The van der Waals surface area contributed by atoms with Crippen LogP contribution in [0.25, 0.3) is 0 Å². The lowest BCUT2D eigenvalue weighted by Crippen LogP contribution is -2.44. The molecule has 0 radical (unpaired) electrons. The van der Waals surface area contributed by atoms with Crippen LogP contribution >= 0.6 is 0 Å². The normalized spacial score (nSPS) is 20.2. The number of carbonyl (C=O) groups is 2. The Balaban J connectivity index is 1.86. The molecule has 0 bridgehead atoms. The van der Waals surface area contributed by atoms with Crippen molar-refractivity contribution in [3.63, 3.8) is 0 Å². The number of nitrogens with zero attached hydrogens (tertiary/aromatic N) is 1. The van der Waals surface area contributed by atoms with E-state index in [1.807, 2.05) is 43.0 Å². The largest absolute Gasteiger partial charge is 0.481 e. The topological polar surface area (TPSA) is 69.6 Å². The molecule has 21 heavy (non-hydrogen) atoms. The van der Waals surface area contributed by atoms with Crippen LogP contribution in [0.3, 0.4) is 0 Å². The minimum atomic E-state index is -0.773. The van der Waals surface area contributed by atoms with E-state index in [2.05, 4.69) is 5.32 Å². The molecule has 114 valence electrons. The molecular weight excluding hydrogens is 268 g/mol. The SMILES string of the molecule is Cc1ccccc1CNC(=O)C(C)N1CCC(C(=O)O)C1. The molecule has 0 aliphatic carbocycles. The number of benzene rings is 1. The summed E-state index contributed by atoms with van der Waals surface area (Å²) in [7, 11) is 0. The highest BCUT2D eigenvalue weighted by molar-refractivity contribution is 5.81. The minimum Gasteiger partial charge on any atom is -0.481 e. The first-order chi connectivity index (χ1) is 9.99. The molecule has 0 aromatic heterocycles. The fraction of sp³-hybridized carbons (Fsp3) is 0.500. The average Bonchev–Trinajstić information content (AvgIpc) is 2.95. The molecule has 1 aliphatic rings. The van der Waals surface area contributed by atoms with Crippen molar-refractivity contribution in [3.8, 4) is 0 Å². The third-order valence-corrected chi connectivity index (χ3v) is 4.21. The monoisotopic (exact) mass is 290 g/mol. The van der Waals surface area contributed by atoms with Gasteiger partial charge < -0.3 is 10.4 Å². The molecule has 0 saturated carbocycles. The zero-order valence-electron chi connectivity index (χ0n) is 12.5. The van der Waals surface area contributed by atoms with Crippen LogP contribution in [0, 0.1) is 12.8 Å². The Morgan fingerprint density at radius 2 is 2.14 bits per heavy atom. The predicted octanol–water partition coefficient (Wildman–Crippen LogP) is 1.41. The van der Waals surface area contributed by atoms with Gasteiger partial charge in [-0.25, -0.2) is 0 Å². The number of carbonyl (C=O) groups excluding carboxylic acids is 1. The maximum atomic E-state index is 12.2. The van der Waals surface area contributed by atoms with Crippen LogP contribution in [0.2, 0.25) is 0 Å². The van der Waals surface area contributed by atoms with Gasteiger partial charge in [0, 0.05) is 13.1 Å². The summed E-state index contributed by atoms with van der Waals surface area (Å²) in [4.78, 5) is 25.1. The number of hydrogen-bond acceptors (Lipinski definition) is 3. The summed E-state index contributed by atoms with van der Waals surface area (Å²) in [6, 6.07) is 7.65. The van der Waals surface area contributed by atoms with Crippen molar-refractivity contribution in [1.29, 1.82) is 0 Å². The van der Waals surface area contributed by atoms with E-state index in [-0.39, 0.29) is 17.9 Å². The highest BCUT2D eigenvalue weighted by Crippen LogP contribution is 2.19. The summed E-state index contributed by atoms with van der Waals surface area (Å²) in [6.07, 6.45) is 0.616. The van der Waals surface area contributed by atoms with Crippen molar-refractivity contribution in [1.82, 2.24) is 10.2 Å². The number of aryl methyl sites for hydroxylation is 1. The molecular formula is C16H22N2O3. The fourth-order valence-corrected chi connectivity index (χ4v) is 2.64. The summed E-state index contributed by atoms with van der Waals surface area (Å²) >= 11 is 0. The van der Waals surface area contributed by atoms with Crippen LogP contribution in [0.15, 0.2) is 24.3 Å². The first kappa shape index (κ1) is 15.5. The lowest BCUT2D eigenvalue weighted by molar-refractivity contribution is -0.141. The van der Waals surface area contributed by atoms with Gasteiger partial charge in [0.15, 0.2) is 0 Å². The summed E-state index contributed by atoms with van der Waals surface area (Å²) in [5.74, 6) is -1.18. The Morgan fingerprint density at radius 3 is 2.76 bits per heavy atom. The van der Waals surface area contributed by atoms with Crippen molar-refractivity contribution >= 4 is 11.9 Å². The third kappa shape index (κ3) is 3.82. The molecule has 1 saturated heterocycles. The number of carboxylic acids is 1. The number of likely N-dealkylation sites (tertiary alicyclic amines) is 1. The van der Waals surface area contributed by atoms with Crippen LogP contribution in [0.1, 0.15) is 24.5 Å². The molecule has 1 aromatic carbocycles. The zero-order chi connectivity index (χ0) is 15.4. The summed E-state index contributed by atoms with van der Waals surface area (Å²) in [6.45, 7) is 5.47. The zero-order valence-corrected chi connectivity index (χ0v) is 12.5. The highest BCUT2D eigenvalue weighted by atomic mass is 16.4. The second kappa shape index (κ2) is 6.72. The quantitative estimate of drug-likeness (QED) is 0.860. The van der Waals surface area contributed by atoms with E-state index in [0.29, 0.717) is 26.1 Å². The number of carboxylic acid groups (broad SMARTS) is 1. The van der Waals surface area contributed by atoms with E-state index in [9.17, 15) is 9.59 Å². The predicted molar refractivity (Wildman–Crippen MR) is 79.8 cm³/mol. The molecule has 1 heterocycles. The number of aliphatic carboxylic acids is 1. The van der Waals surface area contributed by atoms with Gasteiger partial charge >= 0.3 is 5.97 Å². The molecule has 5 nitrogen and oxygen atoms in total. The van der Waals surface area contributed by atoms with Crippen molar-refractivity contribution < 1.29 is 14.7 Å². The molecule has 5 heteroatoms. The average molecular weight is 290 g/mol. The highest BCUT2D eigenvalue weighted by Gasteiger charge is 2.32. The number of nitrogens with one attached hydrogen (secondary N) is 1. The number of hydrogen-bond donors (Lipinski definition) is 2. The van der Waals surface area contributed by atoms with E-state index < -0.39 is 5.97 Å². The maximum absolute atomic E-state index is 12.2. The van der Waals surface area contributed by atoms with Crippen LogP contribution in [-0.4, -0.2) is 41.0 Å². The molecule has 2 atom stereocenters. The Kier molecular flexibility index (Phi) is 4.96. The van der Waals surface area contributed by atoms with Gasteiger partial charge in [-0.05, 0) is 37.9 Å². The van der Waals surface area contributed by atoms with Gasteiger partial charge in [0.25, 0.3) is 0 Å². The van der Waals surface area contributed by atoms with E-state index in [4.69, 9.17) is 5.11 Å². The van der Waals surface area contributed by atoms with Gasteiger partial charge in [-0.2, -0.15) is 0 Å². The fourth-order valence-electron chi connectivity index (χ4n) is 2.64. The number of rotatable bonds is 5. The number of amides is 1. The molecule has 2 unspecified atom stereocenters. The van der Waals surface area contributed by atoms with Gasteiger partial charge in [0.1, 0.15) is 0 Å². The third-order valence-electron chi connectivity index (χ3n) is 4.21. The van der Waals surface area contributed by atoms with Gasteiger partial charge in [0.05, 0.1) is 12.0 Å². The van der Waals surface area contributed by atoms with Gasteiger partial charge in [-0.3, -0.25) is 14.5 Å².